The third kappa shape index (κ3) is 3.77. The summed E-state index contributed by atoms with van der Waals surface area (Å²) in [6, 6.07) is 12.6. The van der Waals surface area contributed by atoms with E-state index in [1.54, 1.807) is 32.4 Å². The summed E-state index contributed by atoms with van der Waals surface area (Å²) in [4.78, 5) is 11.3. The molecular weight excluding hydrogens is 282 g/mol. The summed E-state index contributed by atoms with van der Waals surface area (Å²) in [6.07, 6.45) is 0. The second-order valence-corrected chi connectivity index (χ2v) is 4.64. The number of rotatable bonds is 7. The van der Waals surface area contributed by atoms with Crippen LogP contribution in [0.25, 0.3) is 11.1 Å². The van der Waals surface area contributed by atoms with E-state index in [2.05, 4.69) is 0 Å². The molecule has 0 fully saturated rings. The second-order valence-electron chi connectivity index (χ2n) is 4.64. The van der Waals surface area contributed by atoms with Crippen molar-refractivity contribution in [2.75, 3.05) is 27.4 Å². The molecule has 0 aliphatic heterocycles. The average molecular weight is 301 g/mol. The van der Waals surface area contributed by atoms with Crippen LogP contribution in [-0.4, -0.2) is 33.3 Å². The normalized spacial score (nSPS) is 10.3. The molecular formula is C17H19NO4. The van der Waals surface area contributed by atoms with E-state index < -0.39 is 5.91 Å². The quantitative estimate of drug-likeness (QED) is 0.798. The topological polar surface area (TPSA) is 70.8 Å². The molecule has 0 radical (unpaired) electrons. The van der Waals surface area contributed by atoms with Gasteiger partial charge < -0.3 is 19.9 Å². The Labute approximate surface area is 129 Å². The summed E-state index contributed by atoms with van der Waals surface area (Å²) in [5, 5.41) is 0. The maximum Gasteiger partial charge on any atom is 0.248 e. The minimum Gasteiger partial charge on any atom is -0.496 e. The predicted octanol–water partition coefficient (Wildman–Crippen LogP) is 2.49. The van der Waals surface area contributed by atoms with Gasteiger partial charge in [0.05, 0.1) is 13.7 Å². The number of nitrogens with two attached hydrogens (primary N) is 1. The van der Waals surface area contributed by atoms with Gasteiger partial charge in [0.25, 0.3) is 0 Å². The first-order chi connectivity index (χ1) is 10.7. The third-order valence-electron chi connectivity index (χ3n) is 3.21. The maximum absolute atomic E-state index is 11.3. The molecule has 2 N–H and O–H groups in total. The van der Waals surface area contributed by atoms with Crippen LogP contribution in [0.3, 0.4) is 0 Å². The zero-order chi connectivity index (χ0) is 15.9. The van der Waals surface area contributed by atoms with Crippen molar-refractivity contribution in [1.29, 1.82) is 0 Å². The monoisotopic (exact) mass is 301 g/mol. The van der Waals surface area contributed by atoms with Gasteiger partial charge in [-0.2, -0.15) is 0 Å². The third-order valence-corrected chi connectivity index (χ3v) is 3.21. The molecule has 2 aromatic rings. The Bertz CT molecular complexity index is 638. The maximum atomic E-state index is 11.3. The summed E-state index contributed by atoms with van der Waals surface area (Å²) in [5.74, 6) is 0.965. The molecule has 2 rings (SSSR count). The lowest BCUT2D eigenvalue weighted by Crippen LogP contribution is -2.10. The zero-order valence-electron chi connectivity index (χ0n) is 12.7. The Morgan fingerprint density at radius 2 is 1.77 bits per heavy atom. The van der Waals surface area contributed by atoms with Crippen LogP contribution < -0.4 is 15.2 Å². The molecule has 0 heterocycles. The molecule has 0 atom stereocenters. The molecule has 0 aliphatic rings. The summed E-state index contributed by atoms with van der Waals surface area (Å²) in [5.41, 5.74) is 7.50. The van der Waals surface area contributed by atoms with Crippen LogP contribution >= 0.6 is 0 Å². The summed E-state index contributed by atoms with van der Waals surface area (Å²) in [7, 11) is 3.22. The van der Waals surface area contributed by atoms with E-state index in [9.17, 15) is 4.79 Å². The molecule has 0 saturated heterocycles. The lowest BCUT2D eigenvalue weighted by Gasteiger charge is -2.11. The van der Waals surface area contributed by atoms with Gasteiger partial charge in [0.15, 0.2) is 0 Å². The van der Waals surface area contributed by atoms with Gasteiger partial charge >= 0.3 is 0 Å². The summed E-state index contributed by atoms with van der Waals surface area (Å²) < 4.78 is 15.8. The number of hydrogen-bond acceptors (Lipinski definition) is 4. The van der Waals surface area contributed by atoms with Gasteiger partial charge in [-0.15, -0.1) is 0 Å². The molecule has 5 nitrogen and oxygen atoms in total. The van der Waals surface area contributed by atoms with E-state index in [1.807, 2.05) is 24.3 Å². The lowest BCUT2D eigenvalue weighted by molar-refractivity contribution is 0.100. The van der Waals surface area contributed by atoms with Crippen molar-refractivity contribution in [3.63, 3.8) is 0 Å². The first kappa shape index (κ1) is 15.9. The fraction of sp³-hybridized carbons (Fsp3) is 0.235. The Kier molecular flexibility index (Phi) is 5.38. The highest BCUT2D eigenvalue weighted by atomic mass is 16.5. The molecule has 5 heteroatoms. The van der Waals surface area contributed by atoms with E-state index >= 15 is 0 Å². The number of benzene rings is 2. The molecule has 0 spiro atoms. The molecule has 0 aliphatic carbocycles. The SMILES string of the molecule is COCCOc1ccc(-c2cc(C(N)=O)ccc2OC)cc1. The Morgan fingerprint density at radius 1 is 1.05 bits per heavy atom. The van der Waals surface area contributed by atoms with Gasteiger partial charge in [-0.05, 0) is 35.9 Å². The fourth-order valence-corrected chi connectivity index (χ4v) is 2.06. The number of carbonyl (C=O) groups is 1. The fourth-order valence-electron chi connectivity index (χ4n) is 2.06. The van der Waals surface area contributed by atoms with Crippen LogP contribution in [-0.2, 0) is 4.74 Å². The smallest absolute Gasteiger partial charge is 0.248 e. The summed E-state index contributed by atoms with van der Waals surface area (Å²) in [6.45, 7) is 1.03. The highest BCUT2D eigenvalue weighted by molar-refractivity contribution is 5.94. The van der Waals surface area contributed by atoms with Crippen LogP contribution in [0.5, 0.6) is 11.5 Å². The van der Waals surface area contributed by atoms with Crippen molar-refractivity contribution in [3.8, 4) is 22.6 Å². The van der Waals surface area contributed by atoms with E-state index in [4.69, 9.17) is 19.9 Å². The van der Waals surface area contributed by atoms with Crippen molar-refractivity contribution >= 4 is 5.91 Å². The predicted molar refractivity (Wildman–Crippen MR) is 84.3 cm³/mol. The first-order valence-electron chi connectivity index (χ1n) is 6.85. The number of carbonyl (C=O) groups excluding carboxylic acids is 1. The molecule has 0 bridgehead atoms. The van der Waals surface area contributed by atoms with Crippen LogP contribution in [0.15, 0.2) is 42.5 Å². The molecule has 0 saturated carbocycles. The first-order valence-corrected chi connectivity index (χ1v) is 6.85. The zero-order valence-corrected chi connectivity index (χ0v) is 12.7. The molecule has 1 amide bonds. The van der Waals surface area contributed by atoms with Gasteiger partial charge in [0.2, 0.25) is 5.91 Å². The molecule has 0 aromatic heterocycles. The number of amides is 1. The van der Waals surface area contributed by atoms with E-state index in [0.717, 1.165) is 16.9 Å². The molecule has 0 unspecified atom stereocenters. The molecule has 116 valence electrons. The molecule has 2 aromatic carbocycles. The van der Waals surface area contributed by atoms with Crippen molar-refractivity contribution in [2.24, 2.45) is 5.73 Å². The Hall–Kier alpha value is -2.53. The average Bonchev–Trinajstić information content (AvgIpc) is 2.55. The van der Waals surface area contributed by atoms with Crippen molar-refractivity contribution in [2.45, 2.75) is 0 Å². The standard InChI is InChI=1S/C17H19NO4/c1-20-9-10-22-14-6-3-12(4-7-14)15-11-13(17(18)19)5-8-16(15)21-2/h3-8,11H,9-10H2,1-2H3,(H2,18,19). The van der Waals surface area contributed by atoms with Gasteiger partial charge in [-0.25, -0.2) is 0 Å². The summed E-state index contributed by atoms with van der Waals surface area (Å²) >= 11 is 0. The van der Waals surface area contributed by atoms with E-state index in [1.165, 1.54) is 0 Å². The van der Waals surface area contributed by atoms with E-state index in [-0.39, 0.29) is 0 Å². The van der Waals surface area contributed by atoms with Gasteiger partial charge in [0, 0.05) is 18.2 Å². The largest absolute Gasteiger partial charge is 0.496 e. The Balaban J connectivity index is 2.26. The number of primary amides is 1. The van der Waals surface area contributed by atoms with Crippen LogP contribution in [0.4, 0.5) is 0 Å². The Morgan fingerprint density at radius 3 is 2.36 bits per heavy atom. The van der Waals surface area contributed by atoms with Gasteiger partial charge in [-0.3, -0.25) is 4.79 Å². The van der Waals surface area contributed by atoms with Crippen molar-refractivity contribution < 1.29 is 19.0 Å². The lowest BCUT2D eigenvalue weighted by atomic mass is 10.0. The number of ether oxygens (including phenoxy) is 3. The minimum absolute atomic E-state index is 0.441. The minimum atomic E-state index is -0.469. The van der Waals surface area contributed by atoms with Crippen molar-refractivity contribution in [3.05, 3.63) is 48.0 Å². The van der Waals surface area contributed by atoms with Crippen LogP contribution in [0, 0.1) is 0 Å². The number of methoxy groups -OCH3 is 2. The van der Waals surface area contributed by atoms with Gasteiger partial charge in [-0.1, -0.05) is 12.1 Å². The second kappa shape index (κ2) is 7.47. The van der Waals surface area contributed by atoms with Crippen molar-refractivity contribution in [1.82, 2.24) is 0 Å². The van der Waals surface area contributed by atoms with Crippen LogP contribution in [0.1, 0.15) is 10.4 Å². The van der Waals surface area contributed by atoms with E-state index in [0.29, 0.717) is 24.5 Å². The highest BCUT2D eigenvalue weighted by Crippen LogP contribution is 2.32. The molecule has 22 heavy (non-hydrogen) atoms. The van der Waals surface area contributed by atoms with Gasteiger partial charge in [0.1, 0.15) is 18.1 Å². The highest BCUT2D eigenvalue weighted by Gasteiger charge is 2.10. The number of hydrogen-bond donors (Lipinski definition) is 1. The van der Waals surface area contributed by atoms with Crippen LogP contribution in [0.2, 0.25) is 0 Å².